The minimum Gasteiger partial charge on any atom is -0.490 e. The average molecular weight is 285 g/mol. The lowest BCUT2D eigenvalue weighted by Crippen LogP contribution is -2.17. The van der Waals surface area contributed by atoms with Crippen LogP contribution in [0, 0.1) is 13.8 Å². The Hall–Kier alpha value is -2.49. The number of hydrogen-bond acceptors (Lipinski definition) is 3. The largest absolute Gasteiger partial charge is 0.490 e. The van der Waals surface area contributed by atoms with Gasteiger partial charge in [-0.3, -0.25) is 5.32 Å². The first-order valence-corrected chi connectivity index (χ1v) is 6.83. The molecule has 0 atom stereocenters. The van der Waals surface area contributed by atoms with E-state index < -0.39 is 6.09 Å². The Morgan fingerprint density at radius 1 is 1.00 bits per heavy atom. The van der Waals surface area contributed by atoms with Crippen LogP contribution in [0.3, 0.4) is 0 Å². The van der Waals surface area contributed by atoms with Gasteiger partial charge in [-0.2, -0.15) is 0 Å². The van der Waals surface area contributed by atoms with Crippen LogP contribution in [-0.2, 0) is 4.74 Å². The summed E-state index contributed by atoms with van der Waals surface area (Å²) in [5, 5.41) is 2.67. The lowest BCUT2D eigenvalue weighted by Gasteiger charge is -2.09. The Balaban J connectivity index is 1.68. The Labute approximate surface area is 124 Å². The molecule has 0 spiro atoms. The first kappa shape index (κ1) is 14.9. The molecule has 1 N–H and O–H groups in total. The van der Waals surface area contributed by atoms with Gasteiger partial charge in [-0.15, -0.1) is 0 Å². The molecule has 0 radical (unpaired) electrons. The van der Waals surface area contributed by atoms with Crippen LogP contribution in [0.2, 0.25) is 0 Å². The monoisotopic (exact) mass is 285 g/mol. The van der Waals surface area contributed by atoms with E-state index >= 15 is 0 Å². The maximum Gasteiger partial charge on any atom is 0.411 e. The molecule has 0 saturated carbocycles. The van der Waals surface area contributed by atoms with Gasteiger partial charge < -0.3 is 9.47 Å². The van der Waals surface area contributed by atoms with Crippen LogP contribution in [0.15, 0.2) is 48.5 Å². The van der Waals surface area contributed by atoms with Crippen LogP contribution in [0.5, 0.6) is 5.75 Å². The van der Waals surface area contributed by atoms with E-state index in [0.29, 0.717) is 6.61 Å². The third-order valence-corrected chi connectivity index (χ3v) is 2.87. The number of benzene rings is 2. The van der Waals surface area contributed by atoms with Gasteiger partial charge in [0, 0.05) is 5.69 Å². The minimum atomic E-state index is -0.479. The number of carbonyl (C=O) groups is 1. The lowest BCUT2D eigenvalue weighted by atomic mass is 10.2. The molecular formula is C17H19NO3. The van der Waals surface area contributed by atoms with Crippen LogP contribution >= 0.6 is 0 Å². The maximum absolute atomic E-state index is 11.6. The van der Waals surface area contributed by atoms with Gasteiger partial charge >= 0.3 is 6.09 Å². The smallest absolute Gasteiger partial charge is 0.411 e. The maximum atomic E-state index is 11.6. The molecule has 4 nitrogen and oxygen atoms in total. The number of hydrogen-bond donors (Lipinski definition) is 1. The number of ether oxygens (including phenoxy) is 2. The molecule has 2 aromatic carbocycles. The first-order valence-electron chi connectivity index (χ1n) is 6.83. The zero-order valence-corrected chi connectivity index (χ0v) is 12.3. The summed E-state index contributed by atoms with van der Waals surface area (Å²) in [6, 6.07) is 15.3. The van der Waals surface area contributed by atoms with Crippen molar-refractivity contribution in [2.45, 2.75) is 13.8 Å². The highest BCUT2D eigenvalue weighted by Crippen LogP contribution is 2.11. The second-order valence-corrected chi connectivity index (χ2v) is 4.79. The summed E-state index contributed by atoms with van der Waals surface area (Å²) in [5.41, 5.74) is 2.98. The molecule has 4 heteroatoms. The van der Waals surface area contributed by atoms with Gasteiger partial charge in [0.1, 0.15) is 19.0 Å². The number of aryl methyl sites for hydroxylation is 2. The third kappa shape index (κ3) is 5.18. The van der Waals surface area contributed by atoms with E-state index in [-0.39, 0.29) is 6.61 Å². The van der Waals surface area contributed by atoms with E-state index in [0.717, 1.165) is 17.0 Å². The molecule has 0 aliphatic rings. The zero-order valence-electron chi connectivity index (χ0n) is 12.3. The Morgan fingerprint density at radius 2 is 1.76 bits per heavy atom. The van der Waals surface area contributed by atoms with Gasteiger partial charge in [0.25, 0.3) is 0 Å². The molecule has 2 rings (SSSR count). The summed E-state index contributed by atoms with van der Waals surface area (Å²) in [5.74, 6) is 0.767. The quantitative estimate of drug-likeness (QED) is 0.847. The third-order valence-electron chi connectivity index (χ3n) is 2.87. The number of anilines is 1. The van der Waals surface area contributed by atoms with E-state index in [9.17, 15) is 4.79 Å². The molecule has 21 heavy (non-hydrogen) atoms. The average Bonchev–Trinajstić information content (AvgIpc) is 2.45. The van der Waals surface area contributed by atoms with Gasteiger partial charge in [-0.25, -0.2) is 4.79 Å². The number of rotatable bonds is 5. The minimum absolute atomic E-state index is 0.200. The van der Waals surface area contributed by atoms with Gasteiger partial charge in [0.05, 0.1) is 0 Å². The Kier molecular flexibility index (Phi) is 5.21. The predicted octanol–water partition coefficient (Wildman–Crippen LogP) is 3.93. The molecular weight excluding hydrogens is 266 g/mol. The lowest BCUT2D eigenvalue weighted by molar-refractivity contribution is 0.138. The molecule has 2 aromatic rings. The standard InChI is InChI=1S/C17H19NO3/c1-13-6-8-16(9-7-13)20-10-11-21-17(19)18-15-5-3-4-14(2)12-15/h3-9,12H,10-11H2,1-2H3,(H,18,19). The highest BCUT2D eigenvalue weighted by atomic mass is 16.6. The summed E-state index contributed by atoms with van der Waals surface area (Å²) in [7, 11) is 0. The molecule has 0 aliphatic heterocycles. The second-order valence-electron chi connectivity index (χ2n) is 4.79. The molecule has 0 heterocycles. The zero-order chi connectivity index (χ0) is 15.1. The fourth-order valence-corrected chi connectivity index (χ4v) is 1.81. The summed E-state index contributed by atoms with van der Waals surface area (Å²) >= 11 is 0. The number of nitrogens with one attached hydrogen (secondary N) is 1. The normalized spacial score (nSPS) is 10.0. The molecule has 0 unspecified atom stereocenters. The highest BCUT2D eigenvalue weighted by molar-refractivity contribution is 5.84. The molecule has 0 aromatic heterocycles. The first-order chi connectivity index (χ1) is 10.1. The molecule has 0 saturated heterocycles. The van der Waals surface area contributed by atoms with Crippen molar-refractivity contribution in [1.29, 1.82) is 0 Å². The van der Waals surface area contributed by atoms with Crippen molar-refractivity contribution in [2.75, 3.05) is 18.5 Å². The van der Waals surface area contributed by atoms with Crippen LogP contribution in [0.4, 0.5) is 10.5 Å². The Bertz CT molecular complexity index is 593. The van der Waals surface area contributed by atoms with E-state index in [4.69, 9.17) is 9.47 Å². The number of amides is 1. The molecule has 0 bridgehead atoms. The summed E-state index contributed by atoms with van der Waals surface area (Å²) in [6.45, 7) is 4.50. The van der Waals surface area contributed by atoms with Gasteiger partial charge in [-0.05, 0) is 43.7 Å². The van der Waals surface area contributed by atoms with E-state index in [1.54, 1.807) is 0 Å². The van der Waals surface area contributed by atoms with Crippen molar-refractivity contribution in [3.05, 3.63) is 59.7 Å². The van der Waals surface area contributed by atoms with Crippen molar-refractivity contribution in [2.24, 2.45) is 0 Å². The van der Waals surface area contributed by atoms with Crippen LogP contribution in [0.1, 0.15) is 11.1 Å². The highest BCUT2D eigenvalue weighted by Gasteiger charge is 2.03. The second kappa shape index (κ2) is 7.33. The van der Waals surface area contributed by atoms with E-state index in [1.807, 2.05) is 62.4 Å². The van der Waals surface area contributed by atoms with Crippen molar-refractivity contribution in [3.8, 4) is 5.75 Å². The predicted molar refractivity (Wildman–Crippen MR) is 82.8 cm³/mol. The van der Waals surface area contributed by atoms with E-state index in [1.165, 1.54) is 5.56 Å². The van der Waals surface area contributed by atoms with Crippen molar-refractivity contribution in [1.82, 2.24) is 0 Å². The van der Waals surface area contributed by atoms with Crippen LogP contribution in [0.25, 0.3) is 0 Å². The van der Waals surface area contributed by atoms with Crippen molar-refractivity contribution in [3.63, 3.8) is 0 Å². The van der Waals surface area contributed by atoms with E-state index in [2.05, 4.69) is 5.32 Å². The van der Waals surface area contributed by atoms with Crippen molar-refractivity contribution < 1.29 is 14.3 Å². The van der Waals surface area contributed by atoms with Crippen LogP contribution in [-0.4, -0.2) is 19.3 Å². The fraction of sp³-hybridized carbons (Fsp3) is 0.235. The molecule has 0 aliphatic carbocycles. The summed E-state index contributed by atoms with van der Waals surface area (Å²) in [4.78, 5) is 11.6. The molecule has 110 valence electrons. The summed E-state index contributed by atoms with van der Waals surface area (Å²) in [6.07, 6.45) is -0.479. The van der Waals surface area contributed by atoms with Crippen molar-refractivity contribution >= 4 is 11.8 Å². The molecule has 0 fully saturated rings. The van der Waals surface area contributed by atoms with Crippen LogP contribution < -0.4 is 10.1 Å². The summed E-state index contributed by atoms with van der Waals surface area (Å²) < 4.78 is 10.5. The molecule has 1 amide bonds. The van der Waals surface area contributed by atoms with Gasteiger partial charge in [-0.1, -0.05) is 29.8 Å². The topological polar surface area (TPSA) is 47.6 Å². The Morgan fingerprint density at radius 3 is 2.48 bits per heavy atom. The number of carbonyl (C=O) groups excluding carboxylic acids is 1. The van der Waals surface area contributed by atoms with Gasteiger partial charge in [0.2, 0.25) is 0 Å². The fourth-order valence-electron chi connectivity index (χ4n) is 1.81. The van der Waals surface area contributed by atoms with Gasteiger partial charge in [0.15, 0.2) is 0 Å². The SMILES string of the molecule is Cc1ccc(OCCOC(=O)Nc2cccc(C)c2)cc1.